The summed E-state index contributed by atoms with van der Waals surface area (Å²) in [7, 11) is 0. The van der Waals surface area contributed by atoms with Gasteiger partial charge in [0, 0.05) is 21.7 Å². The lowest BCUT2D eigenvalue weighted by Crippen LogP contribution is -2.11. The lowest BCUT2D eigenvalue weighted by Gasteiger charge is -2.05. The number of thiophene rings is 1. The highest BCUT2D eigenvalue weighted by atomic mass is 79.9. The lowest BCUT2D eigenvalue weighted by molar-refractivity contribution is -0.141. The van der Waals surface area contributed by atoms with Crippen molar-refractivity contribution in [2.24, 2.45) is 0 Å². The van der Waals surface area contributed by atoms with Crippen molar-refractivity contribution in [3.8, 4) is 0 Å². The Bertz CT molecular complexity index is 922. The van der Waals surface area contributed by atoms with Gasteiger partial charge >= 0.3 is 6.18 Å². The predicted molar refractivity (Wildman–Crippen MR) is 91.1 cm³/mol. The molecular weight excluding hydrogens is 407 g/mol. The third kappa shape index (κ3) is 3.22. The number of halogens is 4. The average molecular weight is 416 g/mol. The van der Waals surface area contributed by atoms with Gasteiger partial charge in [-0.25, -0.2) is 0 Å². The first kappa shape index (κ1) is 16.7. The Morgan fingerprint density at radius 1 is 1.25 bits per heavy atom. The minimum Gasteiger partial charge on any atom is -0.397 e. The number of alkyl halides is 3. The molecule has 1 amide bonds. The molecule has 3 N–H and O–H groups in total. The molecule has 24 heavy (non-hydrogen) atoms. The number of nitrogen functional groups attached to an aromatic ring is 1. The van der Waals surface area contributed by atoms with Crippen LogP contribution in [0.1, 0.15) is 15.4 Å². The molecule has 1 aromatic carbocycles. The van der Waals surface area contributed by atoms with Crippen LogP contribution in [0.5, 0.6) is 0 Å². The Morgan fingerprint density at radius 2 is 1.92 bits per heavy atom. The number of rotatable bonds is 2. The van der Waals surface area contributed by atoms with E-state index in [0.29, 0.717) is 10.4 Å². The molecule has 3 rings (SSSR count). The fourth-order valence-corrected chi connectivity index (χ4v) is 3.30. The van der Waals surface area contributed by atoms with Crippen LogP contribution in [0.15, 0.2) is 41.0 Å². The zero-order chi connectivity index (χ0) is 17.5. The molecule has 2 heterocycles. The molecule has 0 aliphatic rings. The van der Waals surface area contributed by atoms with Crippen LogP contribution in [0.4, 0.5) is 24.5 Å². The van der Waals surface area contributed by atoms with E-state index in [0.717, 1.165) is 28.1 Å². The van der Waals surface area contributed by atoms with Crippen LogP contribution in [0.2, 0.25) is 0 Å². The van der Waals surface area contributed by atoms with Gasteiger partial charge in [-0.2, -0.15) is 13.2 Å². The zero-order valence-electron chi connectivity index (χ0n) is 11.8. The summed E-state index contributed by atoms with van der Waals surface area (Å²) in [6.45, 7) is 0. The van der Waals surface area contributed by atoms with Gasteiger partial charge in [0.05, 0.1) is 10.4 Å². The van der Waals surface area contributed by atoms with E-state index < -0.39 is 17.8 Å². The summed E-state index contributed by atoms with van der Waals surface area (Å²) in [5.41, 5.74) is 5.40. The van der Waals surface area contributed by atoms with Crippen LogP contribution in [-0.2, 0) is 6.18 Å². The number of anilines is 2. The van der Waals surface area contributed by atoms with Gasteiger partial charge in [0.2, 0.25) is 0 Å². The van der Waals surface area contributed by atoms with Crippen molar-refractivity contribution in [3.63, 3.8) is 0 Å². The fourth-order valence-electron chi connectivity index (χ4n) is 2.07. The van der Waals surface area contributed by atoms with Crippen LogP contribution in [-0.4, -0.2) is 10.9 Å². The Labute approximate surface area is 146 Å². The molecule has 2 aromatic heterocycles. The highest BCUT2D eigenvalue weighted by Crippen LogP contribution is 2.37. The molecule has 0 bridgehead atoms. The number of nitrogens with zero attached hydrogens (tertiary/aromatic N) is 1. The number of fused-ring (bicyclic) bond motifs is 1. The molecule has 4 nitrogen and oxygen atoms in total. The third-order valence-electron chi connectivity index (χ3n) is 3.21. The largest absolute Gasteiger partial charge is 0.433 e. The van der Waals surface area contributed by atoms with E-state index >= 15 is 0 Å². The van der Waals surface area contributed by atoms with Crippen LogP contribution < -0.4 is 11.1 Å². The molecule has 124 valence electrons. The Kier molecular flexibility index (Phi) is 4.22. The zero-order valence-corrected chi connectivity index (χ0v) is 14.2. The van der Waals surface area contributed by atoms with Gasteiger partial charge in [-0.15, -0.1) is 11.3 Å². The van der Waals surface area contributed by atoms with E-state index in [1.54, 1.807) is 24.3 Å². The number of carbonyl (C=O) groups excluding carboxylic acids is 1. The highest BCUT2D eigenvalue weighted by molar-refractivity contribution is 9.10. The fraction of sp³-hybridized carbons (Fsp3) is 0.0667. The Hall–Kier alpha value is -2.13. The highest BCUT2D eigenvalue weighted by Gasteiger charge is 2.33. The van der Waals surface area contributed by atoms with Gasteiger partial charge in [-0.05, 0) is 30.3 Å². The second kappa shape index (κ2) is 6.06. The Balaban J connectivity index is 1.96. The molecule has 0 unspecified atom stereocenters. The quantitative estimate of drug-likeness (QED) is 0.624. The first-order valence-electron chi connectivity index (χ1n) is 6.58. The van der Waals surface area contributed by atoms with Crippen LogP contribution in [0, 0.1) is 0 Å². The summed E-state index contributed by atoms with van der Waals surface area (Å²) in [5, 5.41) is 2.83. The summed E-state index contributed by atoms with van der Waals surface area (Å²) in [4.78, 5) is 15.9. The van der Waals surface area contributed by atoms with E-state index in [4.69, 9.17) is 5.73 Å². The molecule has 0 saturated heterocycles. The number of carbonyl (C=O) groups is 1. The van der Waals surface area contributed by atoms with Crippen molar-refractivity contribution < 1.29 is 18.0 Å². The van der Waals surface area contributed by atoms with Crippen molar-refractivity contribution in [2.75, 3.05) is 11.1 Å². The molecule has 0 aliphatic heterocycles. The summed E-state index contributed by atoms with van der Waals surface area (Å²) in [6, 6.07) is 7.74. The first-order valence-corrected chi connectivity index (χ1v) is 8.19. The van der Waals surface area contributed by atoms with E-state index in [-0.39, 0.29) is 16.0 Å². The maximum absolute atomic E-state index is 12.7. The second-order valence-electron chi connectivity index (χ2n) is 4.87. The molecule has 0 atom stereocenters. The molecule has 9 heteroatoms. The SMILES string of the molecule is Nc1c(C(=O)Nc2ccc(Br)cc2)sc2cnc(C(F)(F)F)cc12. The van der Waals surface area contributed by atoms with Crippen LogP contribution in [0.3, 0.4) is 0 Å². The van der Waals surface area contributed by atoms with Crippen LogP contribution >= 0.6 is 27.3 Å². The van der Waals surface area contributed by atoms with Crippen molar-refractivity contribution in [1.29, 1.82) is 0 Å². The third-order valence-corrected chi connectivity index (χ3v) is 4.90. The number of hydrogen-bond acceptors (Lipinski definition) is 4. The van der Waals surface area contributed by atoms with Gasteiger partial charge in [-0.1, -0.05) is 15.9 Å². The minimum atomic E-state index is -4.57. The van der Waals surface area contributed by atoms with Gasteiger partial charge in [-0.3, -0.25) is 9.78 Å². The standard InChI is InChI=1S/C15H9BrF3N3OS/c16-7-1-3-8(4-2-7)22-14(23)13-12(20)9-5-11(15(17,18)19)21-6-10(9)24-13/h1-6H,20H2,(H,22,23). The van der Waals surface area contributed by atoms with Gasteiger partial charge < -0.3 is 11.1 Å². The second-order valence-corrected chi connectivity index (χ2v) is 6.84. The van der Waals surface area contributed by atoms with Crippen molar-refractivity contribution >= 4 is 54.6 Å². The van der Waals surface area contributed by atoms with Gasteiger partial charge in [0.25, 0.3) is 5.91 Å². The molecule has 0 radical (unpaired) electrons. The number of aromatic nitrogens is 1. The number of benzene rings is 1. The van der Waals surface area contributed by atoms with E-state index in [1.807, 2.05) is 0 Å². The normalized spacial score (nSPS) is 11.7. The van der Waals surface area contributed by atoms with E-state index in [2.05, 4.69) is 26.2 Å². The Morgan fingerprint density at radius 3 is 2.54 bits per heavy atom. The van der Waals surface area contributed by atoms with Crippen molar-refractivity contribution in [1.82, 2.24) is 4.98 Å². The number of hydrogen-bond donors (Lipinski definition) is 2. The van der Waals surface area contributed by atoms with E-state index in [9.17, 15) is 18.0 Å². The molecule has 0 aliphatic carbocycles. The smallest absolute Gasteiger partial charge is 0.397 e. The summed E-state index contributed by atoms with van der Waals surface area (Å²) < 4.78 is 39.5. The van der Waals surface area contributed by atoms with Crippen molar-refractivity contribution in [2.45, 2.75) is 6.18 Å². The molecule has 0 spiro atoms. The van der Waals surface area contributed by atoms with E-state index in [1.165, 1.54) is 0 Å². The maximum Gasteiger partial charge on any atom is 0.433 e. The number of amides is 1. The first-order chi connectivity index (χ1) is 11.3. The molecule has 0 saturated carbocycles. The predicted octanol–water partition coefficient (Wildman–Crippen LogP) is 4.91. The molecule has 0 fully saturated rings. The minimum absolute atomic E-state index is 0.0116. The number of nitrogens with two attached hydrogens (primary N) is 1. The number of pyridine rings is 1. The topological polar surface area (TPSA) is 68.0 Å². The summed E-state index contributed by atoms with van der Waals surface area (Å²) in [6.07, 6.45) is -3.49. The van der Waals surface area contributed by atoms with Gasteiger partial charge in [0.15, 0.2) is 0 Å². The maximum atomic E-state index is 12.7. The lowest BCUT2D eigenvalue weighted by atomic mass is 10.2. The average Bonchev–Trinajstić information content (AvgIpc) is 2.85. The molecular formula is C15H9BrF3N3OS. The van der Waals surface area contributed by atoms with Gasteiger partial charge in [0.1, 0.15) is 10.6 Å². The van der Waals surface area contributed by atoms with Crippen molar-refractivity contribution in [3.05, 3.63) is 51.6 Å². The molecule has 3 aromatic rings. The summed E-state index contributed by atoms with van der Waals surface area (Å²) in [5.74, 6) is -0.482. The number of nitrogens with one attached hydrogen (secondary N) is 1. The van der Waals surface area contributed by atoms with Crippen LogP contribution in [0.25, 0.3) is 10.1 Å². The monoisotopic (exact) mass is 415 g/mol. The summed E-state index contributed by atoms with van der Waals surface area (Å²) >= 11 is 4.28.